The fraction of sp³-hybridized carbons (Fsp3) is 0.429. The molecule has 0 spiro atoms. The topological polar surface area (TPSA) is 68.6 Å². The summed E-state index contributed by atoms with van der Waals surface area (Å²) in [6.45, 7) is 9.99. The second-order valence-corrected chi connectivity index (χ2v) is 7.00. The summed E-state index contributed by atoms with van der Waals surface area (Å²) >= 11 is 0. The van der Waals surface area contributed by atoms with Gasteiger partial charge in [0.2, 0.25) is 0 Å². The van der Waals surface area contributed by atoms with Crippen LogP contribution < -0.4 is 9.64 Å². The highest BCUT2D eigenvalue weighted by molar-refractivity contribution is 5.85. The predicted molar refractivity (Wildman–Crippen MR) is 109 cm³/mol. The normalized spacial score (nSPS) is 11.5. The molecule has 0 fully saturated rings. The first-order valence-electron chi connectivity index (χ1n) is 9.81. The average molecular weight is 433 g/mol. The lowest BCUT2D eigenvalue weighted by Crippen LogP contribution is -2.21. The summed E-state index contributed by atoms with van der Waals surface area (Å²) in [6.07, 6.45) is 0.540. The molecule has 0 atom stereocenters. The van der Waals surface area contributed by atoms with Crippen molar-refractivity contribution in [1.29, 1.82) is 0 Å². The molecule has 0 amide bonds. The predicted octanol–water partition coefficient (Wildman–Crippen LogP) is 4.91. The van der Waals surface area contributed by atoms with Crippen LogP contribution in [0.4, 0.5) is 19.0 Å². The number of ether oxygens (including phenoxy) is 1. The number of halogens is 3. The third-order valence-corrected chi connectivity index (χ3v) is 4.69. The summed E-state index contributed by atoms with van der Waals surface area (Å²) in [4.78, 5) is 13.7. The first-order valence-corrected chi connectivity index (χ1v) is 9.81. The van der Waals surface area contributed by atoms with Gasteiger partial charge in [-0.3, -0.25) is 0 Å². The van der Waals surface area contributed by atoms with Crippen LogP contribution in [0.2, 0.25) is 0 Å². The molecule has 0 N–H and O–H groups in total. The third kappa shape index (κ3) is 5.23. The van der Waals surface area contributed by atoms with E-state index in [0.717, 1.165) is 6.42 Å². The van der Waals surface area contributed by atoms with Crippen molar-refractivity contribution in [1.82, 2.24) is 15.1 Å². The minimum absolute atomic E-state index is 0.0525. The molecule has 3 rings (SSSR count). The summed E-state index contributed by atoms with van der Waals surface area (Å²) in [6, 6.07) is 2.89. The Labute approximate surface area is 177 Å². The molecule has 0 radical (unpaired) electrons. The third-order valence-electron chi connectivity index (χ3n) is 4.69. The number of hydrogen-bond acceptors (Lipinski definition) is 6. The van der Waals surface area contributed by atoms with Gasteiger partial charge in [0.25, 0.3) is 6.54 Å². The van der Waals surface area contributed by atoms with Crippen LogP contribution in [0, 0.1) is 6.57 Å². The molecule has 31 heavy (non-hydrogen) atoms. The molecule has 0 unspecified atom stereocenters. The van der Waals surface area contributed by atoms with Gasteiger partial charge in [-0.05, 0) is 25.0 Å². The van der Waals surface area contributed by atoms with Crippen molar-refractivity contribution >= 4 is 16.8 Å². The van der Waals surface area contributed by atoms with Crippen molar-refractivity contribution in [2.24, 2.45) is 0 Å². The highest BCUT2D eigenvalue weighted by atomic mass is 19.4. The molecule has 2 aromatic heterocycles. The molecule has 2 heterocycles. The van der Waals surface area contributed by atoms with Crippen LogP contribution in [0.15, 0.2) is 29.0 Å². The molecule has 0 aliphatic rings. The van der Waals surface area contributed by atoms with Gasteiger partial charge in [0.1, 0.15) is 17.3 Å². The van der Waals surface area contributed by atoms with Gasteiger partial charge in [-0.2, -0.15) is 13.2 Å². The maximum atomic E-state index is 13.1. The van der Waals surface area contributed by atoms with E-state index in [1.54, 1.807) is 18.5 Å². The monoisotopic (exact) mass is 433 g/mol. The average Bonchev–Trinajstić information content (AvgIpc) is 3.18. The highest BCUT2D eigenvalue weighted by Gasteiger charge is 2.37. The number of fused-ring (bicyclic) bond motifs is 1. The highest BCUT2D eigenvalue weighted by Crippen LogP contribution is 2.38. The lowest BCUT2D eigenvalue weighted by molar-refractivity contribution is -0.141. The summed E-state index contributed by atoms with van der Waals surface area (Å²) in [7, 11) is 1.88. The lowest BCUT2D eigenvalue weighted by atomic mass is 10.0. The summed E-state index contributed by atoms with van der Waals surface area (Å²) in [5, 5.41) is 3.18. The van der Waals surface area contributed by atoms with Crippen LogP contribution >= 0.6 is 0 Å². The molecule has 0 aliphatic carbocycles. The number of benzene rings is 1. The van der Waals surface area contributed by atoms with Gasteiger partial charge >= 0.3 is 6.18 Å². The minimum Gasteiger partial charge on any atom is -0.493 e. The van der Waals surface area contributed by atoms with Crippen LogP contribution in [0.5, 0.6) is 5.75 Å². The van der Waals surface area contributed by atoms with Gasteiger partial charge in [-0.15, -0.1) is 0 Å². The molecule has 0 aliphatic heterocycles. The molecule has 7 nitrogen and oxygen atoms in total. The van der Waals surface area contributed by atoms with Crippen molar-refractivity contribution in [3.8, 4) is 5.75 Å². The smallest absolute Gasteiger partial charge is 0.437 e. The Morgan fingerprint density at radius 3 is 2.68 bits per heavy atom. The van der Waals surface area contributed by atoms with Crippen molar-refractivity contribution < 1.29 is 22.4 Å². The molecule has 164 valence electrons. The van der Waals surface area contributed by atoms with Gasteiger partial charge in [0.05, 0.1) is 24.4 Å². The number of nitrogens with zero attached hydrogens (tertiary/aromatic N) is 5. The van der Waals surface area contributed by atoms with Crippen LogP contribution in [0.25, 0.3) is 15.8 Å². The largest absolute Gasteiger partial charge is 0.493 e. The molecule has 3 aromatic rings. The summed E-state index contributed by atoms with van der Waals surface area (Å²) in [5.41, 5.74) is 0.322. The first-order chi connectivity index (χ1) is 14.8. The maximum Gasteiger partial charge on any atom is 0.437 e. The van der Waals surface area contributed by atoms with Gasteiger partial charge in [0.15, 0.2) is 11.3 Å². The Morgan fingerprint density at radius 2 is 2.03 bits per heavy atom. The number of aromatic nitrogens is 3. The Balaban J connectivity index is 1.64. The van der Waals surface area contributed by atoms with Crippen molar-refractivity contribution in [3.63, 3.8) is 0 Å². The van der Waals surface area contributed by atoms with Gasteiger partial charge in [0, 0.05) is 19.2 Å². The number of alkyl halides is 3. The fourth-order valence-corrected chi connectivity index (χ4v) is 3.17. The van der Waals surface area contributed by atoms with Crippen LogP contribution in [-0.2, 0) is 19.1 Å². The fourth-order valence-electron chi connectivity index (χ4n) is 3.17. The van der Waals surface area contributed by atoms with Crippen LogP contribution in [-0.4, -0.2) is 35.3 Å². The van der Waals surface area contributed by atoms with Crippen molar-refractivity contribution in [2.45, 2.75) is 38.9 Å². The van der Waals surface area contributed by atoms with E-state index >= 15 is 0 Å². The van der Waals surface area contributed by atoms with E-state index in [4.69, 9.17) is 15.8 Å². The first kappa shape index (κ1) is 22.3. The van der Waals surface area contributed by atoms with Crippen molar-refractivity contribution in [2.75, 3.05) is 25.1 Å². The molecule has 10 heteroatoms. The van der Waals surface area contributed by atoms with E-state index in [2.05, 4.69) is 20.0 Å². The molecule has 1 aromatic carbocycles. The summed E-state index contributed by atoms with van der Waals surface area (Å²) < 4.78 is 50.2. The van der Waals surface area contributed by atoms with Crippen molar-refractivity contribution in [3.05, 3.63) is 52.9 Å². The standard InChI is InChI=1S/C21H22F3N5O2/c1-4-6-15-17(8-7-16-19(15)31-28-20(16)21(22,23)24)30-10-5-9-29(3)18-13-26-14(11-25-2)12-27-18/h7-8,12-13H,4-6,9-11H2,1,3H3. The van der Waals surface area contributed by atoms with E-state index in [1.807, 2.05) is 18.9 Å². The molecule has 0 saturated heterocycles. The lowest BCUT2D eigenvalue weighted by Gasteiger charge is -2.18. The molecular weight excluding hydrogens is 411 g/mol. The number of hydrogen-bond donors (Lipinski definition) is 0. The molecular formula is C21H22F3N5O2. The second kappa shape index (κ2) is 9.64. The summed E-state index contributed by atoms with van der Waals surface area (Å²) in [5.74, 6) is 1.19. The van der Waals surface area contributed by atoms with Crippen LogP contribution in [0.3, 0.4) is 0 Å². The minimum atomic E-state index is -4.57. The zero-order valence-corrected chi connectivity index (χ0v) is 17.2. The Kier molecular flexibility index (Phi) is 6.95. The van der Waals surface area contributed by atoms with E-state index in [0.29, 0.717) is 48.8 Å². The SMILES string of the molecule is [C-]#[N+]Cc1cnc(N(C)CCCOc2ccc3c(C(F)(F)F)noc3c2CCC)cn1. The molecule has 0 saturated carbocycles. The Hall–Kier alpha value is -3.35. The number of rotatable bonds is 9. The van der Waals surface area contributed by atoms with E-state index in [9.17, 15) is 13.2 Å². The number of anilines is 1. The van der Waals surface area contributed by atoms with Gasteiger partial charge < -0.3 is 19.0 Å². The number of aryl methyl sites for hydroxylation is 1. The zero-order valence-electron chi connectivity index (χ0n) is 17.2. The van der Waals surface area contributed by atoms with Gasteiger partial charge in [-0.25, -0.2) is 16.5 Å². The van der Waals surface area contributed by atoms with E-state index in [1.165, 1.54) is 6.07 Å². The Morgan fingerprint density at radius 1 is 1.23 bits per heavy atom. The van der Waals surface area contributed by atoms with Crippen LogP contribution in [0.1, 0.15) is 36.7 Å². The van der Waals surface area contributed by atoms with E-state index < -0.39 is 11.9 Å². The zero-order chi connectivity index (χ0) is 22.4. The van der Waals surface area contributed by atoms with Gasteiger partial charge in [-0.1, -0.05) is 18.5 Å². The molecule has 0 bridgehead atoms. The Bertz CT molecular complexity index is 1060. The maximum absolute atomic E-state index is 13.1. The quantitative estimate of drug-likeness (QED) is 0.353. The second-order valence-electron chi connectivity index (χ2n) is 7.00. The van der Waals surface area contributed by atoms with E-state index in [-0.39, 0.29) is 17.5 Å².